The van der Waals surface area contributed by atoms with Crippen LogP contribution < -0.4 is 0 Å². The molecule has 1 N–H and O–H groups in total. The van der Waals surface area contributed by atoms with Gasteiger partial charge in [-0.2, -0.15) is 0 Å². The molecule has 1 fully saturated rings. The molecule has 23 heavy (non-hydrogen) atoms. The van der Waals surface area contributed by atoms with Crippen LogP contribution in [0.2, 0.25) is 0 Å². The topological polar surface area (TPSA) is 66.8 Å². The standard InChI is InChI=1S/C16H19Br2NO4/c1-9-4-3-5-10(2)19(9)14(20)8-23-16(22)12-6-11(17)7-13(18)15(12)21/h6-7,9-10,21H,3-5,8H2,1-2H3. The van der Waals surface area contributed by atoms with Crippen LogP contribution in [0, 0.1) is 0 Å². The predicted molar refractivity (Wildman–Crippen MR) is 93.4 cm³/mol. The number of rotatable bonds is 3. The van der Waals surface area contributed by atoms with Gasteiger partial charge in [-0.15, -0.1) is 0 Å². The van der Waals surface area contributed by atoms with Crippen molar-refractivity contribution in [2.75, 3.05) is 6.61 Å². The molecule has 0 radical (unpaired) electrons. The molecule has 1 amide bonds. The Morgan fingerprint density at radius 2 is 1.87 bits per heavy atom. The number of aromatic hydroxyl groups is 1. The number of phenols is 1. The summed E-state index contributed by atoms with van der Waals surface area (Å²) in [5.41, 5.74) is 0.0128. The Balaban J connectivity index is 2.03. The zero-order valence-corrected chi connectivity index (χ0v) is 16.2. The molecular formula is C16H19Br2NO4. The summed E-state index contributed by atoms with van der Waals surface area (Å²) in [6.07, 6.45) is 3.03. The number of ether oxygens (including phenoxy) is 1. The second-order valence-corrected chi connectivity index (χ2v) is 7.56. The molecule has 5 nitrogen and oxygen atoms in total. The van der Waals surface area contributed by atoms with Crippen LogP contribution in [0.25, 0.3) is 0 Å². The molecule has 1 aromatic rings. The lowest BCUT2D eigenvalue weighted by atomic mass is 9.97. The number of carbonyl (C=O) groups excluding carboxylic acids is 2. The highest BCUT2D eigenvalue weighted by Gasteiger charge is 2.29. The summed E-state index contributed by atoms with van der Waals surface area (Å²) in [7, 11) is 0. The smallest absolute Gasteiger partial charge is 0.342 e. The quantitative estimate of drug-likeness (QED) is 0.713. The van der Waals surface area contributed by atoms with Crippen LogP contribution in [0.3, 0.4) is 0 Å². The van der Waals surface area contributed by atoms with E-state index in [9.17, 15) is 14.7 Å². The van der Waals surface area contributed by atoms with Crippen LogP contribution in [0.4, 0.5) is 0 Å². The summed E-state index contributed by atoms with van der Waals surface area (Å²) in [6, 6.07) is 3.38. The minimum atomic E-state index is -0.727. The van der Waals surface area contributed by atoms with Crippen LogP contribution in [0.15, 0.2) is 21.1 Å². The number of hydrogen-bond donors (Lipinski definition) is 1. The number of carbonyl (C=O) groups is 2. The number of nitrogens with zero attached hydrogens (tertiary/aromatic N) is 1. The van der Waals surface area contributed by atoms with Crippen molar-refractivity contribution in [1.82, 2.24) is 4.90 Å². The first-order chi connectivity index (χ1) is 10.8. The summed E-state index contributed by atoms with van der Waals surface area (Å²) in [4.78, 5) is 26.3. The van der Waals surface area contributed by atoms with Gasteiger partial charge in [0.05, 0.1) is 4.47 Å². The van der Waals surface area contributed by atoms with Crippen LogP contribution in [-0.2, 0) is 9.53 Å². The Morgan fingerprint density at radius 3 is 2.48 bits per heavy atom. The van der Waals surface area contributed by atoms with Crippen LogP contribution in [-0.4, -0.2) is 40.6 Å². The Labute approximate surface area is 152 Å². The van der Waals surface area contributed by atoms with Crippen LogP contribution in [0.5, 0.6) is 5.75 Å². The van der Waals surface area contributed by atoms with Gasteiger partial charge in [0.25, 0.3) is 5.91 Å². The summed E-state index contributed by atoms with van der Waals surface area (Å²) < 4.78 is 6.10. The van der Waals surface area contributed by atoms with Crippen molar-refractivity contribution in [3.05, 3.63) is 26.6 Å². The van der Waals surface area contributed by atoms with E-state index in [2.05, 4.69) is 31.9 Å². The Bertz CT molecular complexity index is 610. The van der Waals surface area contributed by atoms with E-state index in [1.165, 1.54) is 6.07 Å². The second-order valence-electron chi connectivity index (χ2n) is 5.79. The number of phenolic OH excluding ortho intramolecular Hbond substituents is 1. The van der Waals surface area contributed by atoms with E-state index in [1.807, 2.05) is 13.8 Å². The summed E-state index contributed by atoms with van der Waals surface area (Å²) >= 11 is 6.41. The average molecular weight is 449 g/mol. The van der Waals surface area contributed by atoms with Crippen molar-refractivity contribution in [2.24, 2.45) is 0 Å². The van der Waals surface area contributed by atoms with Gasteiger partial charge >= 0.3 is 5.97 Å². The molecule has 1 heterocycles. The first kappa shape index (κ1) is 18.3. The average Bonchev–Trinajstić information content (AvgIpc) is 2.48. The van der Waals surface area contributed by atoms with E-state index in [1.54, 1.807) is 11.0 Å². The maximum absolute atomic E-state index is 12.3. The monoisotopic (exact) mass is 447 g/mol. The second kappa shape index (κ2) is 7.66. The number of esters is 1. The molecule has 1 aliphatic rings. The summed E-state index contributed by atoms with van der Waals surface area (Å²) in [5, 5.41) is 9.93. The molecule has 1 saturated heterocycles. The lowest BCUT2D eigenvalue weighted by Crippen LogP contribution is -2.49. The number of amides is 1. The molecule has 1 aromatic carbocycles. The first-order valence-corrected chi connectivity index (χ1v) is 9.06. The molecule has 7 heteroatoms. The van der Waals surface area contributed by atoms with E-state index in [-0.39, 0.29) is 35.9 Å². The molecule has 2 rings (SSSR count). The van der Waals surface area contributed by atoms with Gasteiger partial charge in [0.1, 0.15) is 11.3 Å². The zero-order chi connectivity index (χ0) is 17.1. The molecule has 0 spiro atoms. The maximum atomic E-state index is 12.3. The SMILES string of the molecule is CC1CCCC(C)N1C(=O)COC(=O)c1cc(Br)cc(Br)c1O. The van der Waals surface area contributed by atoms with Crippen molar-refractivity contribution < 1.29 is 19.4 Å². The molecule has 2 atom stereocenters. The number of halogens is 2. The van der Waals surface area contributed by atoms with Gasteiger partial charge in [0.15, 0.2) is 6.61 Å². The normalized spacial score (nSPS) is 21.1. The van der Waals surface area contributed by atoms with Crippen molar-refractivity contribution in [3.63, 3.8) is 0 Å². The number of likely N-dealkylation sites (tertiary alicyclic amines) is 1. The molecule has 1 aliphatic heterocycles. The number of piperidine rings is 1. The van der Waals surface area contributed by atoms with Gasteiger partial charge in [-0.3, -0.25) is 4.79 Å². The van der Waals surface area contributed by atoms with Crippen molar-refractivity contribution in [2.45, 2.75) is 45.2 Å². The van der Waals surface area contributed by atoms with Gasteiger partial charge in [0.2, 0.25) is 0 Å². The molecule has 126 valence electrons. The van der Waals surface area contributed by atoms with Gasteiger partial charge < -0.3 is 14.7 Å². The van der Waals surface area contributed by atoms with Gasteiger partial charge in [-0.1, -0.05) is 15.9 Å². The third-order valence-corrected chi connectivity index (χ3v) is 5.12. The highest BCUT2D eigenvalue weighted by atomic mass is 79.9. The van der Waals surface area contributed by atoms with Crippen LogP contribution in [0.1, 0.15) is 43.5 Å². The molecule has 0 saturated carbocycles. The fraction of sp³-hybridized carbons (Fsp3) is 0.500. The summed E-state index contributed by atoms with van der Waals surface area (Å²) in [5.74, 6) is -1.13. The third-order valence-electron chi connectivity index (χ3n) is 4.06. The number of hydrogen-bond acceptors (Lipinski definition) is 4. The fourth-order valence-electron chi connectivity index (χ4n) is 2.91. The van der Waals surface area contributed by atoms with E-state index in [0.717, 1.165) is 19.3 Å². The zero-order valence-electron chi connectivity index (χ0n) is 13.0. The number of benzene rings is 1. The van der Waals surface area contributed by atoms with Crippen molar-refractivity contribution in [1.29, 1.82) is 0 Å². The molecular weight excluding hydrogens is 430 g/mol. The molecule has 2 unspecified atom stereocenters. The fourth-order valence-corrected chi connectivity index (χ4v) is 4.14. The summed E-state index contributed by atoms with van der Waals surface area (Å²) in [6.45, 7) is 3.69. The van der Waals surface area contributed by atoms with E-state index >= 15 is 0 Å². The molecule has 0 bridgehead atoms. The third kappa shape index (κ3) is 4.26. The van der Waals surface area contributed by atoms with Crippen molar-refractivity contribution >= 4 is 43.7 Å². The first-order valence-electron chi connectivity index (χ1n) is 7.47. The highest BCUT2D eigenvalue weighted by molar-refractivity contribution is 9.11. The van der Waals surface area contributed by atoms with Crippen LogP contribution >= 0.6 is 31.9 Å². The largest absolute Gasteiger partial charge is 0.506 e. The van der Waals surface area contributed by atoms with Gasteiger partial charge in [-0.25, -0.2) is 4.79 Å². The Kier molecular flexibility index (Phi) is 6.08. The van der Waals surface area contributed by atoms with Gasteiger partial charge in [-0.05, 0) is 61.2 Å². The Morgan fingerprint density at radius 1 is 1.26 bits per heavy atom. The van der Waals surface area contributed by atoms with Crippen molar-refractivity contribution in [3.8, 4) is 5.75 Å². The molecule has 0 aromatic heterocycles. The van der Waals surface area contributed by atoms with E-state index in [4.69, 9.17) is 4.74 Å². The minimum absolute atomic E-state index is 0.0128. The van der Waals surface area contributed by atoms with E-state index in [0.29, 0.717) is 8.95 Å². The molecule has 0 aliphatic carbocycles. The predicted octanol–water partition coefficient (Wildman–Crippen LogP) is 3.86. The lowest BCUT2D eigenvalue weighted by Gasteiger charge is -2.38. The highest BCUT2D eigenvalue weighted by Crippen LogP contribution is 2.32. The minimum Gasteiger partial charge on any atom is -0.506 e. The van der Waals surface area contributed by atoms with E-state index < -0.39 is 5.97 Å². The maximum Gasteiger partial charge on any atom is 0.342 e. The van der Waals surface area contributed by atoms with Gasteiger partial charge in [0, 0.05) is 16.6 Å². The Hall–Kier alpha value is -1.08. The lowest BCUT2D eigenvalue weighted by molar-refractivity contribution is -0.140.